The number of nitrogens with one attached hydrogen (secondary N) is 1. The van der Waals surface area contributed by atoms with E-state index in [4.69, 9.17) is 0 Å². The highest BCUT2D eigenvalue weighted by Gasteiger charge is 2.49. The molecule has 2 unspecified atom stereocenters. The van der Waals surface area contributed by atoms with Crippen LogP contribution in [0.3, 0.4) is 0 Å². The number of nitrogens with zero attached hydrogens (tertiary/aromatic N) is 1. The fourth-order valence-electron chi connectivity index (χ4n) is 2.35. The predicted molar refractivity (Wildman–Crippen MR) is 42.1 cm³/mol. The van der Waals surface area contributed by atoms with Crippen molar-refractivity contribution >= 4 is 0 Å². The van der Waals surface area contributed by atoms with E-state index in [2.05, 4.69) is 24.2 Å². The number of rotatable bonds is 0. The second-order valence-electron chi connectivity index (χ2n) is 3.73. The van der Waals surface area contributed by atoms with Crippen LogP contribution >= 0.6 is 0 Å². The summed E-state index contributed by atoms with van der Waals surface area (Å²) >= 11 is 0. The highest BCUT2D eigenvalue weighted by Crippen LogP contribution is 2.35. The van der Waals surface area contributed by atoms with Crippen molar-refractivity contribution in [2.75, 3.05) is 20.1 Å². The SMILES string of the molecule is CC1NCC12CCCN2C. The van der Waals surface area contributed by atoms with Crippen LogP contribution < -0.4 is 5.32 Å². The van der Waals surface area contributed by atoms with E-state index in [0.717, 1.165) is 6.04 Å². The molecule has 0 radical (unpaired) electrons. The van der Waals surface area contributed by atoms with Crippen molar-refractivity contribution in [1.82, 2.24) is 10.2 Å². The molecule has 0 aromatic rings. The van der Waals surface area contributed by atoms with Crippen LogP contribution in [0.2, 0.25) is 0 Å². The van der Waals surface area contributed by atoms with E-state index < -0.39 is 0 Å². The molecule has 2 aliphatic heterocycles. The minimum Gasteiger partial charge on any atom is -0.310 e. The largest absolute Gasteiger partial charge is 0.310 e. The Labute approximate surface area is 62.6 Å². The molecule has 58 valence electrons. The number of hydrogen-bond acceptors (Lipinski definition) is 2. The Morgan fingerprint density at radius 3 is 2.60 bits per heavy atom. The van der Waals surface area contributed by atoms with Gasteiger partial charge in [0.1, 0.15) is 0 Å². The summed E-state index contributed by atoms with van der Waals surface area (Å²) in [5, 5.41) is 3.43. The van der Waals surface area contributed by atoms with Gasteiger partial charge in [-0.1, -0.05) is 0 Å². The first-order valence-corrected chi connectivity index (χ1v) is 4.20. The topological polar surface area (TPSA) is 15.3 Å². The van der Waals surface area contributed by atoms with E-state index in [9.17, 15) is 0 Å². The zero-order valence-corrected chi connectivity index (χ0v) is 6.85. The van der Waals surface area contributed by atoms with Crippen molar-refractivity contribution in [1.29, 1.82) is 0 Å². The van der Waals surface area contributed by atoms with Crippen LogP contribution in [0.1, 0.15) is 19.8 Å². The molecule has 2 atom stereocenters. The van der Waals surface area contributed by atoms with E-state index in [-0.39, 0.29) is 0 Å². The quantitative estimate of drug-likeness (QED) is 0.525. The first-order chi connectivity index (χ1) is 4.76. The Balaban J connectivity index is 2.13. The molecular weight excluding hydrogens is 124 g/mol. The third-order valence-electron chi connectivity index (χ3n) is 3.38. The summed E-state index contributed by atoms with van der Waals surface area (Å²) in [7, 11) is 2.25. The maximum absolute atomic E-state index is 3.43. The normalized spacial score (nSPS) is 48.0. The average Bonchev–Trinajstić information content (AvgIpc) is 2.30. The van der Waals surface area contributed by atoms with Crippen LogP contribution in [0.15, 0.2) is 0 Å². The molecule has 0 aromatic carbocycles. The van der Waals surface area contributed by atoms with Gasteiger partial charge in [-0.15, -0.1) is 0 Å². The molecule has 0 saturated carbocycles. The first-order valence-electron chi connectivity index (χ1n) is 4.20. The van der Waals surface area contributed by atoms with Crippen LogP contribution in [-0.4, -0.2) is 36.6 Å². The zero-order chi connectivity index (χ0) is 7.19. The van der Waals surface area contributed by atoms with E-state index in [0.29, 0.717) is 5.54 Å². The predicted octanol–water partition coefficient (Wildman–Crippen LogP) is 0.443. The molecular formula is C8H16N2. The molecule has 1 N–H and O–H groups in total. The van der Waals surface area contributed by atoms with Gasteiger partial charge in [0.05, 0.1) is 0 Å². The Morgan fingerprint density at radius 1 is 1.60 bits per heavy atom. The zero-order valence-electron chi connectivity index (χ0n) is 6.85. The molecule has 2 rings (SSSR count). The third-order valence-corrected chi connectivity index (χ3v) is 3.38. The molecule has 2 fully saturated rings. The summed E-state index contributed by atoms with van der Waals surface area (Å²) in [6, 6.07) is 0.722. The summed E-state index contributed by atoms with van der Waals surface area (Å²) in [6.07, 6.45) is 2.79. The van der Waals surface area contributed by atoms with E-state index in [1.54, 1.807) is 0 Å². The lowest BCUT2D eigenvalue weighted by atomic mass is 9.81. The van der Waals surface area contributed by atoms with Crippen molar-refractivity contribution in [3.63, 3.8) is 0 Å². The summed E-state index contributed by atoms with van der Waals surface area (Å²) in [6.45, 7) is 4.81. The van der Waals surface area contributed by atoms with Crippen molar-refractivity contribution in [3.8, 4) is 0 Å². The standard InChI is InChI=1S/C8H16N2/c1-7-8(6-9-7)4-3-5-10(8)2/h7,9H,3-6H2,1-2H3. The van der Waals surface area contributed by atoms with Crippen LogP contribution in [0.25, 0.3) is 0 Å². The molecule has 2 saturated heterocycles. The van der Waals surface area contributed by atoms with E-state index >= 15 is 0 Å². The van der Waals surface area contributed by atoms with Gasteiger partial charge in [-0.3, -0.25) is 4.90 Å². The van der Waals surface area contributed by atoms with Gasteiger partial charge in [0, 0.05) is 18.1 Å². The van der Waals surface area contributed by atoms with Crippen molar-refractivity contribution in [3.05, 3.63) is 0 Å². The fraction of sp³-hybridized carbons (Fsp3) is 1.00. The van der Waals surface area contributed by atoms with Gasteiger partial charge in [0.15, 0.2) is 0 Å². The first kappa shape index (κ1) is 6.62. The maximum Gasteiger partial charge on any atom is 0.0481 e. The molecule has 0 aromatic heterocycles. The van der Waals surface area contributed by atoms with Gasteiger partial charge in [-0.2, -0.15) is 0 Å². The Bertz CT molecular complexity index is 146. The lowest BCUT2D eigenvalue weighted by Gasteiger charge is -2.51. The fourth-order valence-corrected chi connectivity index (χ4v) is 2.35. The van der Waals surface area contributed by atoms with Gasteiger partial charge < -0.3 is 5.32 Å². The van der Waals surface area contributed by atoms with Gasteiger partial charge in [0.2, 0.25) is 0 Å². The maximum atomic E-state index is 3.43. The minimum absolute atomic E-state index is 0.556. The number of likely N-dealkylation sites (tertiary alicyclic amines) is 1. The van der Waals surface area contributed by atoms with Crippen molar-refractivity contribution in [2.45, 2.75) is 31.3 Å². The Hall–Kier alpha value is -0.0800. The third kappa shape index (κ3) is 0.611. The average molecular weight is 140 g/mol. The molecule has 2 nitrogen and oxygen atoms in total. The van der Waals surface area contributed by atoms with Crippen LogP contribution in [-0.2, 0) is 0 Å². The van der Waals surface area contributed by atoms with E-state index in [1.165, 1.54) is 25.9 Å². The molecule has 0 aliphatic carbocycles. The van der Waals surface area contributed by atoms with Crippen molar-refractivity contribution < 1.29 is 0 Å². The summed E-state index contributed by atoms with van der Waals surface area (Å²) in [5.41, 5.74) is 0.556. The van der Waals surface area contributed by atoms with Crippen molar-refractivity contribution in [2.24, 2.45) is 0 Å². The molecule has 1 spiro atoms. The summed E-state index contributed by atoms with van der Waals surface area (Å²) in [4.78, 5) is 2.52. The van der Waals surface area contributed by atoms with E-state index in [1.807, 2.05) is 0 Å². The smallest absolute Gasteiger partial charge is 0.0481 e. The molecule has 0 bridgehead atoms. The van der Waals surface area contributed by atoms with Gasteiger partial charge in [-0.25, -0.2) is 0 Å². The molecule has 2 aliphatic rings. The molecule has 10 heavy (non-hydrogen) atoms. The summed E-state index contributed by atoms with van der Waals surface area (Å²) in [5.74, 6) is 0. The second-order valence-corrected chi connectivity index (χ2v) is 3.73. The lowest BCUT2D eigenvalue weighted by molar-refractivity contribution is 0.0538. The molecule has 2 heterocycles. The van der Waals surface area contributed by atoms with Gasteiger partial charge >= 0.3 is 0 Å². The monoisotopic (exact) mass is 140 g/mol. The lowest BCUT2D eigenvalue weighted by Crippen LogP contribution is -2.71. The minimum atomic E-state index is 0.556. The van der Waals surface area contributed by atoms with Gasteiger partial charge in [-0.05, 0) is 33.4 Å². The van der Waals surface area contributed by atoms with Crippen LogP contribution in [0, 0.1) is 0 Å². The van der Waals surface area contributed by atoms with Gasteiger partial charge in [0.25, 0.3) is 0 Å². The second kappa shape index (κ2) is 1.95. The van der Waals surface area contributed by atoms with Crippen LogP contribution in [0.4, 0.5) is 0 Å². The van der Waals surface area contributed by atoms with Crippen LogP contribution in [0.5, 0.6) is 0 Å². The Morgan fingerprint density at radius 2 is 2.40 bits per heavy atom. The highest BCUT2D eigenvalue weighted by atomic mass is 15.3. The number of hydrogen-bond donors (Lipinski definition) is 1. The highest BCUT2D eigenvalue weighted by molar-refractivity contribution is 5.10. The Kier molecular flexibility index (Phi) is 1.29. The molecule has 0 amide bonds. The number of likely N-dealkylation sites (N-methyl/N-ethyl adjacent to an activating group) is 1. The summed E-state index contributed by atoms with van der Waals surface area (Å²) < 4.78 is 0. The molecule has 2 heteroatoms.